The number of aliphatic hydroxyl groups is 1. The van der Waals surface area contributed by atoms with E-state index in [9.17, 15) is 24.8 Å². The minimum Gasteiger partial charge on any atom is -0.507 e. The summed E-state index contributed by atoms with van der Waals surface area (Å²) in [5.41, 5.74) is 2.89. The number of hydrogen-bond acceptors (Lipinski definition) is 6. The highest BCUT2D eigenvalue weighted by Gasteiger charge is 2.47. The van der Waals surface area contributed by atoms with Crippen LogP contribution in [0.2, 0.25) is 0 Å². The minimum atomic E-state index is -0.905. The summed E-state index contributed by atoms with van der Waals surface area (Å²) in [4.78, 5) is 40.8. The fourth-order valence-corrected chi connectivity index (χ4v) is 4.50. The number of nitrogens with zero attached hydrogens (tertiary/aromatic N) is 3. The first kappa shape index (κ1) is 24.7. The Balaban J connectivity index is 1.90. The number of hydrogen-bond donors (Lipinski definition) is 1. The molecule has 1 unspecified atom stereocenters. The molecule has 0 aliphatic carbocycles. The second-order valence-corrected chi connectivity index (χ2v) is 8.58. The normalized spacial score (nSPS) is 16.9. The van der Waals surface area contributed by atoms with Gasteiger partial charge in [0, 0.05) is 42.2 Å². The van der Waals surface area contributed by atoms with Crippen LogP contribution in [0.5, 0.6) is 0 Å². The molecule has 1 aliphatic heterocycles. The molecule has 1 saturated heterocycles. The molecular weight excluding hydrogens is 458 g/mol. The van der Waals surface area contributed by atoms with Crippen LogP contribution in [0, 0.1) is 17.0 Å². The summed E-state index contributed by atoms with van der Waals surface area (Å²) >= 11 is 0. The predicted octanol–water partition coefficient (Wildman–Crippen LogP) is 5.38. The summed E-state index contributed by atoms with van der Waals surface area (Å²) in [5.74, 6) is -2.08. The molecule has 0 radical (unpaired) electrons. The van der Waals surface area contributed by atoms with Crippen molar-refractivity contribution in [3.63, 3.8) is 0 Å². The highest BCUT2D eigenvalue weighted by Crippen LogP contribution is 2.42. The van der Waals surface area contributed by atoms with Crippen molar-refractivity contribution in [2.45, 2.75) is 26.8 Å². The van der Waals surface area contributed by atoms with Crippen LogP contribution in [0.25, 0.3) is 5.76 Å². The molecule has 1 heterocycles. The summed E-state index contributed by atoms with van der Waals surface area (Å²) in [6, 6.07) is 19.2. The van der Waals surface area contributed by atoms with Crippen LogP contribution in [0.1, 0.15) is 36.6 Å². The number of aliphatic hydroxyl groups excluding tert-OH is 1. The Morgan fingerprint density at radius 2 is 1.64 bits per heavy atom. The van der Waals surface area contributed by atoms with E-state index in [1.807, 2.05) is 43.3 Å². The third-order valence-corrected chi connectivity index (χ3v) is 6.42. The largest absolute Gasteiger partial charge is 0.507 e. The second kappa shape index (κ2) is 10.0. The van der Waals surface area contributed by atoms with Crippen molar-refractivity contribution < 1.29 is 19.6 Å². The number of anilines is 2. The van der Waals surface area contributed by atoms with E-state index in [0.717, 1.165) is 24.3 Å². The number of carbonyl (C=O) groups is 2. The Morgan fingerprint density at radius 3 is 2.22 bits per heavy atom. The number of Topliss-reactive ketones (excluding diaryl/α,β-unsaturated/α-hetero) is 1. The standard InChI is InChI=1S/C28H27N3O5/c1-4-29(5-2)21-15-11-19(12-16-21)25-24(26(32)20-7-6-8-23(17-20)31(35)36)27(33)28(34)30(25)22-13-9-18(3)10-14-22/h6-17,25,32H,4-5H2,1-3H3/b26-24-. The molecule has 0 spiro atoms. The molecule has 1 aliphatic rings. The maximum atomic E-state index is 13.3. The average molecular weight is 486 g/mol. The van der Waals surface area contributed by atoms with Gasteiger partial charge < -0.3 is 10.0 Å². The third-order valence-electron chi connectivity index (χ3n) is 6.42. The fourth-order valence-electron chi connectivity index (χ4n) is 4.50. The summed E-state index contributed by atoms with van der Waals surface area (Å²) in [6.45, 7) is 7.68. The molecule has 184 valence electrons. The van der Waals surface area contributed by atoms with Gasteiger partial charge in [-0.05, 0) is 50.6 Å². The van der Waals surface area contributed by atoms with Crippen LogP contribution in [0.3, 0.4) is 0 Å². The van der Waals surface area contributed by atoms with Gasteiger partial charge in [-0.3, -0.25) is 24.6 Å². The topological polar surface area (TPSA) is 104 Å². The minimum absolute atomic E-state index is 0.0934. The van der Waals surface area contributed by atoms with Gasteiger partial charge in [-0.25, -0.2) is 0 Å². The van der Waals surface area contributed by atoms with E-state index in [-0.39, 0.29) is 16.8 Å². The number of rotatable bonds is 7. The molecule has 36 heavy (non-hydrogen) atoms. The van der Waals surface area contributed by atoms with Gasteiger partial charge in [0.25, 0.3) is 17.4 Å². The zero-order chi connectivity index (χ0) is 26.0. The van der Waals surface area contributed by atoms with Gasteiger partial charge >= 0.3 is 0 Å². The molecule has 1 fully saturated rings. The maximum Gasteiger partial charge on any atom is 0.300 e. The lowest BCUT2D eigenvalue weighted by Crippen LogP contribution is -2.29. The smallest absolute Gasteiger partial charge is 0.300 e. The van der Waals surface area contributed by atoms with Crippen LogP contribution in [-0.4, -0.2) is 34.8 Å². The van der Waals surface area contributed by atoms with Crippen LogP contribution in [0.15, 0.2) is 78.4 Å². The molecule has 0 aromatic heterocycles. The summed E-state index contributed by atoms with van der Waals surface area (Å²) < 4.78 is 0. The van der Waals surface area contributed by atoms with Crippen LogP contribution in [0.4, 0.5) is 17.1 Å². The number of benzene rings is 3. The van der Waals surface area contributed by atoms with E-state index in [2.05, 4.69) is 18.7 Å². The molecule has 4 rings (SSSR count). The zero-order valence-corrected chi connectivity index (χ0v) is 20.3. The predicted molar refractivity (Wildman–Crippen MR) is 139 cm³/mol. The Labute approximate surface area is 209 Å². The molecule has 0 saturated carbocycles. The SMILES string of the molecule is CCN(CC)c1ccc(C2/C(=C(/O)c3cccc([N+](=O)[O-])c3)C(=O)C(=O)N2c2ccc(C)cc2)cc1. The molecule has 3 aromatic carbocycles. The Morgan fingerprint density at radius 1 is 1.00 bits per heavy atom. The highest BCUT2D eigenvalue weighted by molar-refractivity contribution is 6.51. The fraction of sp³-hybridized carbons (Fsp3) is 0.214. The lowest BCUT2D eigenvalue weighted by atomic mass is 9.94. The van der Waals surface area contributed by atoms with Gasteiger partial charge in [-0.15, -0.1) is 0 Å². The van der Waals surface area contributed by atoms with Gasteiger partial charge in [-0.2, -0.15) is 0 Å². The molecular formula is C28H27N3O5. The summed E-state index contributed by atoms with van der Waals surface area (Å²) in [6.07, 6.45) is 0. The number of nitro groups is 1. The summed E-state index contributed by atoms with van der Waals surface area (Å²) in [5, 5.41) is 22.5. The van der Waals surface area contributed by atoms with Gasteiger partial charge in [-0.1, -0.05) is 42.0 Å². The Hall–Kier alpha value is -4.46. The van der Waals surface area contributed by atoms with Crippen LogP contribution >= 0.6 is 0 Å². The van der Waals surface area contributed by atoms with E-state index < -0.39 is 28.4 Å². The van der Waals surface area contributed by atoms with Gasteiger partial charge in [0.05, 0.1) is 16.5 Å². The first-order valence-corrected chi connectivity index (χ1v) is 11.7. The van der Waals surface area contributed by atoms with Gasteiger partial charge in [0.15, 0.2) is 0 Å². The van der Waals surface area contributed by atoms with Crippen LogP contribution < -0.4 is 9.80 Å². The average Bonchev–Trinajstić information content (AvgIpc) is 3.15. The molecule has 8 nitrogen and oxygen atoms in total. The molecule has 3 aromatic rings. The van der Waals surface area contributed by atoms with Gasteiger partial charge in [0.2, 0.25) is 0 Å². The number of amides is 1. The number of nitro benzene ring substituents is 1. The lowest BCUT2D eigenvalue weighted by Gasteiger charge is -2.27. The van der Waals surface area contributed by atoms with Crippen molar-refractivity contribution in [3.05, 3.63) is 105 Å². The number of ketones is 1. The lowest BCUT2D eigenvalue weighted by molar-refractivity contribution is -0.384. The van der Waals surface area contributed by atoms with E-state index in [4.69, 9.17) is 0 Å². The van der Waals surface area contributed by atoms with Crippen molar-refractivity contribution >= 4 is 34.5 Å². The number of non-ortho nitro benzene ring substituents is 1. The quantitative estimate of drug-likeness (QED) is 0.159. The van der Waals surface area contributed by atoms with Gasteiger partial charge in [0.1, 0.15) is 5.76 Å². The van der Waals surface area contributed by atoms with Crippen molar-refractivity contribution in [2.24, 2.45) is 0 Å². The van der Waals surface area contributed by atoms with Crippen molar-refractivity contribution in [2.75, 3.05) is 22.9 Å². The Bertz CT molecular complexity index is 1340. The highest BCUT2D eigenvalue weighted by atomic mass is 16.6. The number of carbonyl (C=O) groups excluding carboxylic acids is 2. The Kier molecular flexibility index (Phi) is 6.87. The van der Waals surface area contributed by atoms with E-state index in [0.29, 0.717) is 11.3 Å². The molecule has 1 N–H and O–H groups in total. The van der Waals surface area contributed by atoms with E-state index in [1.54, 1.807) is 12.1 Å². The monoisotopic (exact) mass is 485 g/mol. The molecule has 8 heteroatoms. The first-order valence-electron chi connectivity index (χ1n) is 11.7. The van der Waals surface area contributed by atoms with Crippen molar-refractivity contribution in [1.29, 1.82) is 0 Å². The molecule has 1 amide bonds. The van der Waals surface area contributed by atoms with E-state index >= 15 is 0 Å². The molecule has 0 bridgehead atoms. The van der Waals surface area contributed by atoms with Crippen molar-refractivity contribution in [3.8, 4) is 0 Å². The third kappa shape index (κ3) is 4.45. The first-order chi connectivity index (χ1) is 17.3. The number of aryl methyl sites for hydroxylation is 1. The van der Waals surface area contributed by atoms with Crippen molar-refractivity contribution in [1.82, 2.24) is 0 Å². The maximum absolute atomic E-state index is 13.3. The van der Waals surface area contributed by atoms with Crippen LogP contribution in [-0.2, 0) is 9.59 Å². The molecule has 1 atom stereocenters. The van der Waals surface area contributed by atoms with E-state index in [1.165, 1.54) is 29.2 Å². The zero-order valence-electron chi connectivity index (χ0n) is 20.3. The second-order valence-electron chi connectivity index (χ2n) is 8.58. The summed E-state index contributed by atoms with van der Waals surface area (Å²) in [7, 11) is 0.